The number of rotatable bonds is 6. The zero-order valence-corrected chi connectivity index (χ0v) is 12.6. The van der Waals surface area contributed by atoms with E-state index >= 15 is 0 Å². The number of nitrogens with one attached hydrogen (secondary N) is 1. The third kappa shape index (κ3) is 3.58. The minimum Gasteiger partial charge on any atom is -0.497 e. The van der Waals surface area contributed by atoms with Crippen molar-refractivity contribution in [3.63, 3.8) is 0 Å². The van der Waals surface area contributed by atoms with Crippen LogP contribution in [0.2, 0.25) is 0 Å². The molecule has 0 aliphatic carbocycles. The van der Waals surface area contributed by atoms with Crippen molar-refractivity contribution in [1.29, 1.82) is 0 Å². The van der Waals surface area contributed by atoms with Crippen molar-refractivity contribution in [2.45, 2.75) is 25.8 Å². The third-order valence-corrected chi connectivity index (χ3v) is 3.70. The molecule has 1 aromatic heterocycles. The molecule has 2 unspecified atom stereocenters. The molecule has 1 N–H and O–H groups in total. The highest BCUT2D eigenvalue weighted by Crippen LogP contribution is 2.32. The summed E-state index contributed by atoms with van der Waals surface area (Å²) in [6, 6.07) is 8.86. The molecule has 4 heteroatoms. The van der Waals surface area contributed by atoms with Gasteiger partial charge in [0.2, 0.25) is 0 Å². The summed E-state index contributed by atoms with van der Waals surface area (Å²) in [5.41, 5.74) is 1.79. The van der Waals surface area contributed by atoms with Gasteiger partial charge < -0.3 is 10.1 Å². The second kappa shape index (κ2) is 7.18. The van der Waals surface area contributed by atoms with Gasteiger partial charge in [-0.15, -0.1) is 0 Å². The van der Waals surface area contributed by atoms with Gasteiger partial charge in [0.15, 0.2) is 0 Å². The number of ether oxygens (including phenoxy) is 1. The van der Waals surface area contributed by atoms with Crippen molar-refractivity contribution in [3.05, 3.63) is 59.7 Å². The molecular weight excluding hydrogens is 267 g/mol. The molecule has 2 aromatic rings. The number of aromatic nitrogens is 1. The molecular formula is C17H21FN2O. The van der Waals surface area contributed by atoms with Crippen molar-refractivity contribution < 1.29 is 9.13 Å². The van der Waals surface area contributed by atoms with Crippen LogP contribution >= 0.6 is 0 Å². The summed E-state index contributed by atoms with van der Waals surface area (Å²) in [5, 5.41) is 3.37. The molecule has 2 atom stereocenters. The molecule has 0 fully saturated rings. The third-order valence-electron chi connectivity index (χ3n) is 3.70. The Morgan fingerprint density at radius 2 is 1.95 bits per heavy atom. The first kappa shape index (κ1) is 15.4. The van der Waals surface area contributed by atoms with Crippen LogP contribution in [0.5, 0.6) is 5.75 Å². The fraction of sp³-hybridized carbons (Fsp3) is 0.353. The van der Waals surface area contributed by atoms with Crippen molar-refractivity contribution in [2.75, 3.05) is 13.7 Å². The van der Waals surface area contributed by atoms with E-state index in [0.29, 0.717) is 11.3 Å². The summed E-state index contributed by atoms with van der Waals surface area (Å²) in [5.74, 6) is 0.417. The molecule has 1 heterocycles. The average molecular weight is 288 g/mol. The second-order valence-corrected chi connectivity index (χ2v) is 4.99. The van der Waals surface area contributed by atoms with Gasteiger partial charge in [-0.3, -0.25) is 4.98 Å². The Kier molecular flexibility index (Phi) is 5.28. The lowest BCUT2D eigenvalue weighted by Gasteiger charge is -2.26. The van der Waals surface area contributed by atoms with E-state index in [4.69, 9.17) is 4.74 Å². The number of hydrogen-bond donors (Lipinski definition) is 1. The van der Waals surface area contributed by atoms with Crippen LogP contribution in [0.4, 0.5) is 4.39 Å². The first-order valence-corrected chi connectivity index (χ1v) is 7.14. The summed E-state index contributed by atoms with van der Waals surface area (Å²) in [4.78, 5) is 4.04. The Morgan fingerprint density at radius 3 is 2.52 bits per heavy atom. The van der Waals surface area contributed by atoms with Gasteiger partial charge in [0, 0.05) is 36.0 Å². The van der Waals surface area contributed by atoms with Crippen molar-refractivity contribution >= 4 is 0 Å². The number of nitrogens with zero attached hydrogens (tertiary/aromatic N) is 1. The van der Waals surface area contributed by atoms with Gasteiger partial charge in [0.1, 0.15) is 11.6 Å². The molecule has 0 saturated heterocycles. The topological polar surface area (TPSA) is 34.1 Å². The van der Waals surface area contributed by atoms with Crippen LogP contribution in [0.25, 0.3) is 0 Å². The van der Waals surface area contributed by atoms with Gasteiger partial charge in [0.05, 0.1) is 7.11 Å². The number of benzene rings is 1. The number of pyridine rings is 1. The Bertz CT molecular complexity index is 574. The van der Waals surface area contributed by atoms with E-state index < -0.39 is 0 Å². The lowest BCUT2D eigenvalue weighted by Crippen LogP contribution is -2.26. The summed E-state index contributed by atoms with van der Waals surface area (Å²) in [6.07, 6.45) is 3.53. The fourth-order valence-electron chi connectivity index (χ4n) is 2.52. The standard InChI is InChI=1S/C17H21FN2O/c1-4-20-17(12(2)13-7-9-19-10-8-13)15-6-5-14(21-3)11-16(15)18/h5-12,17,20H,4H2,1-3H3. The molecule has 0 radical (unpaired) electrons. The molecule has 3 nitrogen and oxygen atoms in total. The molecule has 0 amide bonds. The molecule has 112 valence electrons. The predicted octanol–water partition coefficient (Wildman–Crippen LogP) is 3.68. The number of methoxy groups -OCH3 is 1. The number of halogens is 1. The van der Waals surface area contributed by atoms with Crippen LogP contribution in [0.1, 0.15) is 36.9 Å². The van der Waals surface area contributed by atoms with Gasteiger partial charge in [-0.25, -0.2) is 4.39 Å². The first-order valence-electron chi connectivity index (χ1n) is 7.14. The monoisotopic (exact) mass is 288 g/mol. The minimum absolute atomic E-state index is 0.0942. The largest absolute Gasteiger partial charge is 0.497 e. The summed E-state index contributed by atoms with van der Waals surface area (Å²) in [7, 11) is 1.54. The summed E-state index contributed by atoms with van der Waals surface area (Å²) in [6.45, 7) is 4.88. The molecule has 0 bridgehead atoms. The van der Waals surface area contributed by atoms with E-state index in [1.54, 1.807) is 24.5 Å². The van der Waals surface area contributed by atoms with Crippen LogP contribution in [0, 0.1) is 5.82 Å². The zero-order chi connectivity index (χ0) is 15.2. The van der Waals surface area contributed by atoms with Crippen molar-refractivity contribution in [1.82, 2.24) is 10.3 Å². The lowest BCUT2D eigenvalue weighted by atomic mass is 9.88. The van der Waals surface area contributed by atoms with E-state index in [1.165, 1.54) is 13.2 Å². The van der Waals surface area contributed by atoms with E-state index in [9.17, 15) is 4.39 Å². The van der Waals surface area contributed by atoms with Crippen LogP contribution in [-0.2, 0) is 0 Å². The van der Waals surface area contributed by atoms with Gasteiger partial charge in [-0.1, -0.05) is 19.9 Å². The predicted molar refractivity (Wildman–Crippen MR) is 82.0 cm³/mol. The average Bonchev–Trinajstić information content (AvgIpc) is 2.53. The molecule has 21 heavy (non-hydrogen) atoms. The Labute approximate surface area is 125 Å². The molecule has 0 aliphatic heterocycles. The van der Waals surface area contributed by atoms with Crippen molar-refractivity contribution in [3.8, 4) is 5.75 Å². The van der Waals surface area contributed by atoms with Crippen LogP contribution in [-0.4, -0.2) is 18.6 Å². The van der Waals surface area contributed by atoms with E-state index in [1.807, 2.05) is 19.1 Å². The maximum Gasteiger partial charge on any atom is 0.131 e. The van der Waals surface area contributed by atoms with E-state index in [0.717, 1.165) is 12.1 Å². The zero-order valence-electron chi connectivity index (χ0n) is 12.6. The quantitative estimate of drug-likeness (QED) is 0.880. The normalized spacial score (nSPS) is 13.7. The smallest absolute Gasteiger partial charge is 0.131 e. The second-order valence-electron chi connectivity index (χ2n) is 4.99. The van der Waals surface area contributed by atoms with E-state index in [2.05, 4.69) is 17.2 Å². The Morgan fingerprint density at radius 1 is 1.24 bits per heavy atom. The highest BCUT2D eigenvalue weighted by molar-refractivity contribution is 5.33. The Balaban J connectivity index is 2.34. The molecule has 0 aliphatic rings. The molecule has 1 aromatic carbocycles. The van der Waals surface area contributed by atoms with Gasteiger partial charge in [-0.05, 0) is 30.3 Å². The lowest BCUT2D eigenvalue weighted by molar-refractivity contribution is 0.406. The van der Waals surface area contributed by atoms with Crippen LogP contribution in [0.3, 0.4) is 0 Å². The van der Waals surface area contributed by atoms with E-state index in [-0.39, 0.29) is 17.8 Å². The Hall–Kier alpha value is -1.94. The number of likely N-dealkylation sites (N-methyl/N-ethyl adjacent to an activating group) is 1. The molecule has 0 spiro atoms. The SMILES string of the molecule is CCNC(c1ccc(OC)cc1F)C(C)c1ccncc1. The minimum atomic E-state index is -0.249. The molecule has 0 saturated carbocycles. The van der Waals surface area contributed by atoms with Crippen LogP contribution in [0.15, 0.2) is 42.7 Å². The maximum atomic E-state index is 14.4. The maximum absolute atomic E-state index is 14.4. The fourth-order valence-corrected chi connectivity index (χ4v) is 2.52. The first-order chi connectivity index (χ1) is 10.2. The molecule has 2 rings (SSSR count). The summed E-state index contributed by atoms with van der Waals surface area (Å²) < 4.78 is 19.4. The van der Waals surface area contributed by atoms with Gasteiger partial charge >= 0.3 is 0 Å². The van der Waals surface area contributed by atoms with Crippen molar-refractivity contribution in [2.24, 2.45) is 0 Å². The van der Waals surface area contributed by atoms with Gasteiger partial charge in [-0.2, -0.15) is 0 Å². The highest BCUT2D eigenvalue weighted by Gasteiger charge is 2.23. The van der Waals surface area contributed by atoms with Gasteiger partial charge in [0.25, 0.3) is 0 Å². The summed E-state index contributed by atoms with van der Waals surface area (Å²) >= 11 is 0. The highest BCUT2D eigenvalue weighted by atomic mass is 19.1. The van der Waals surface area contributed by atoms with Crippen LogP contribution < -0.4 is 10.1 Å². The number of hydrogen-bond acceptors (Lipinski definition) is 3.